The zero-order chi connectivity index (χ0) is 29.1. The van der Waals surface area contributed by atoms with Gasteiger partial charge in [0.2, 0.25) is 15.0 Å². The molecule has 3 aromatic rings. The van der Waals surface area contributed by atoms with E-state index in [2.05, 4.69) is 4.98 Å². The standard InChI is InChI=1S/C28H31F4N3O4S/c1-19(2)15-34(26(36)20-9-11-22(12-10-20)28(30,31)32)16-23-14-33-27(35(23)17-24-7-5-13-39-24)40(37,38)18-21-6-3-4-8-25(21)29/h3-4,6,8-12,14,19,24H,5,7,13,15-18H2,1-2H3. The van der Waals surface area contributed by atoms with Crippen LogP contribution in [0, 0.1) is 11.7 Å². The lowest BCUT2D eigenvalue weighted by Crippen LogP contribution is -2.35. The molecule has 40 heavy (non-hydrogen) atoms. The first-order chi connectivity index (χ1) is 18.8. The highest BCUT2D eigenvalue weighted by molar-refractivity contribution is 7.90. The Bertz CT molecular complexity index is 1430. The number of carbonyl (C=O) groups is 1. The Morgan fingerprint density at radius 1 is 1.15 bits per heavy atom. The molecule has 2 aromatic carbocycles. The SMILES string of the molecule is CC(C)CN(Cc1cnc(S(=O)(=O)Cc2ccccc2F)n1CC1CCCO1)C(=O)c1ccc(C(F)(F)F)cc1. The smallest absolute Gasteiger partial charge is 0.376 e. The third-order valence-corrected chi connectivity index (χ3v) is 8.15. The van der Waals surface area contributed by atoms with Gasteiger partial charge >= 0.3 is 6.18 Å². The monoisotopic (exact) mass is 581 g/mol. The van der Waals surface area contributed by atoms with E-state index in [9.17, 15) is 30.8 Å². The third-order valence-electron chi connectivity index (χ3n) is 6.58. The highest BCUT2D eigenvalue weighted by Crippen LogP contribution is 2.29. The molecule has 0 aliphatic carbocycles. The van der Waals surface area contributed by atoms with E-state index >= 15 is 0 Å². The minimum absolute atomic E-state index is 0.00892. The normalized spacial score (nSPS) is 16.0. The molecule has 2 heterocycles. The second kappa shape index (κ2) is 12.1. The van der Waals surface area contributed by atoms with Crippen molar-refractivity contribution >= 4 is 15.7 Å². The van der Waals surface area contributed by atoms with Gasteiger partial charge < -0.3 is 14.2 Å². The largest absolute Gasteiger partial charge is 0.416 e. The Morgan fingerprint density at radius 2 is 1.85 bits per heavy atom. The lowest BCUT2D eigenvalue weighted by atomic mass is 10.1. The summed E-state index contributed by atoms with van der Waals surface area (Å²) in [4.78, 5) is 19.1. The highest BCUT2D eigenvalue weighted by atomic mass is 32.2. The molecule has 1 atom stereocenters. The molecular formula is C28H31F4N3O4S. The molecule has 0 spiro atoms. The second-order valence-corrected chi connectivity index (χ2v) is 12.2. The molecule has 0 saturated carbocycles. The fraction of sp³-hybridized carbons (Fsp3) is 0.429. The van der Waals surface area contributed by atoms with E-state index in [1.165, 1.54) is 33.9 Å². The first kappa shape index (κ1) is 29.7. The van der Waals surface area contributed by atoms with Crippen molar-refractivity contribution in [3.05, 3.63) is 82.9 Å². The topological polar surface area (TPSA) is 81.5 Å². The predicted octanol–water partition coefficient (Wildman–Crippen LogP) is 5.49. The van der Waals surface area contributed by atoms with E-state index in [1.807, 2.05) is 13.8 Å². The van der Waals surface area contributed by atoms with Crippen LogP contribution in [0.1, 0.15) is 53.9 Å². The maximum atomic E-state index is 14.3. The van der Waals surface area contributed by atoms with Gasteiger partial charge in [-0.1, -0.05) is 32.0 Å². The third kappa shape index (κ3) is 7.08. The number of imidazole rings is 1. The molecule has 0 radical (unpaired) electrons. The van der Waals surface area contributed by atoms with E-state index in [0.717, 1.165) is 30.7 Å². The van der Waals surface area contributed by atoms with E-state index in [-0.39, 0.29) is 47.9 Å². The number of ether oxygens (including phenoxy) is 1. The summed E-state index contributed by atoms with van der Waals surface area (Å²) in [5.74, 6) is -1.73. The average Bonchev–Trinajstić information content (AvgIpc) is 3.55. The number of sulfone groups is 1. The fourth-order valence-corrected chi connectivity index (χ4v) is 6.19. The summed E-state index contributed by atoms with van der Waals surface area (Å²) < 4.78 is 87.5. The molecule has 1 aliphatic heterocycles. The molecule has 0 bridgehead atoms. The van der Waals surface area contributed by atoms with Crippen LogP contribution in [0.5, 0.6) is 0 Å². The summed E-state index contributed by atoms with van der Waals surface area (Å²) in [6, 6.07) is 9.58. The fourth-order valence-electron chi connectivity index (χ4n) is 4.68. The maximum Gasteiger partial charge on any atom is 0.416 e. The van der Waals surface area contributed by atoms with Gasteiger partial charge in [-0.05, 0) is 49.1 Å². The first-order valence-corrected chi connectivity index (χ1v) is 14.6. The molecule has 7 nitrogen and oxygen atoms in total. The zero-order valence-corrected chi connectivity index (χ0v) is 23.0. The maximum absolute atomic E-state index is 14.3. The van der Waals surface area contributed by atoms with Crippen molar-refractivity contribution in [1.29, 1.82) is 0 Å². The van der Waals surface area contributed by atoms with Crippen LogP contribution in [0.25, 0.3) is 0 Å². The molecule has 1 saturated heterocycles. The molecule has 1 fully saturated rings. The van der Waals surface area contributed by atoms with Gasteiger partial charge in [-0.15, -0.1) is 0 Å². The van der Waals surface area contributed by atoms with Crippen LogP contribution in [0.4, 0.5) is 17.6 Å². The van der Waals surface area contributed by atoms with Crippen LogP contribution in [-0.2, 0) is 39.6 Å². The Labute approximate surface area is 230 Å². The Morgan fingerprint density at radius 3 is 2.45 bits per heavy atom. The van der Waals surface area contributed by atoms with Crippen molar-refractivity contribution < 1.29 is 35.5 Å². The van der Waals surface area contributed by atoms with Gasteiger partial charge in [-0.3, -0.25) is 4.79 Å². The van der Waals surface area contributed by atoms with Crippen LogP contribution < -0.4 is 0 Å². The van der Waals surface area contributed by atoms with Gasteiger partial charge in [-0.2, -0.15) is 13.2 Å². The number of hydrogen-bond acceptors (Lipinski definition) is 5. The minimum atomic E-state index is -4.53. The van der Waals surface area contributed by atoms with Crippen LogP contribution in [0.3, 0.4) is 0 Å². The first-order valence-electron chi connectivity index (χ1n) is 12.9. The number of rotatable bonds is 10. The highest BCUT2D eigenvalue weighted by Gasteiger charge is 2.32. The number of aromatic nitrogens is 2. The number of alkyl halides is 3. The van der Waals surface area contributed by atoms with Gasteiger partial charge in [0.1, 0.15) is 5.82 Å². The van der Waals surface area contributed by atoms with Crippen molar-refractivity contribution in [2.24, 2.45) is 5.92 Å². The van der Waals surface area contributed by atoms with Crippen LogP contribution in [0.2, 0.25) is 0 Å². The molecule has 1 aromatic heterocycles. The summed E-state index contributed by atoms with van der Waals surface area (Å²) >= 11 is 0. The Balaban J connectivity index is 1.67. The van der Waals surface area contributed by atoms with Gasteiger partial charge in [0.15, 0.2) is 0 Å². The number of halogens is 4. The zero-order valence-electron chi connectivity index (χ0n) is 22.2. The van der Waals surface area contributed by atoms with E-state index in [4.69, 9.17) is 4.74 Å². The predicted molar refractivity (Wildman–Crippen MR) is 140 cm³/mol. The van der Waals surface area contributed by atoms with Gasteiger partial charge in [0.05, 0.1) is 42.4 Å². The van der Waals surface area contributed by atoms with E-state index in [1.54, 1.807) is 6.07 Å². The molecule has 12 heteroatoms. The Hall–Kier alpha value is -3.25. The molecule has 4 rings (SSSR count). The van der Waals surface area contributed by atoms with Crippen molar-refractivity contribution in [2.75, 3.05) is 13.2 Å². The summed E-state index contributed by atoms with van der Waals surface area (Å²) in [7, 11) is -4.09. The molecule has 1 aliphatic rings. The summed E-state index contributed by atoms with van der Waals surface area (Å²) in [5, 5.41) is -0.257. The number of amides is 1. The van der Waals surface area contributed by atoms with Gasteiger partial charge in [0.25, 0.3) is 5.91 Å². The van der Waals surface area contributed by atoms with E-state index in [0.29, 0.717) is 18.7 Å². The number of benzene rings is 2. The van der Waals surface area contributed by atoms with Crippen LogP contribution in [0.15, 0.2) is 59.9 Å². The summed E-state index contributed by atoms with van der Waals surface area (Å²) in [6.07, 6.45) is -1.89. The second-order valence-electron chi connectivity index (χ2n) is 10.3. The average molecular weight is 582 g/mol. The lowest BCUT2D eigenvalue weighted by Gasteiger charge is -2.26. The molecule has 0 N–H and O–H groups in total. The van der Waals surface area contributed by atoms with E-state index < -0.39 is 39.1 Å². The molecule has 1 amide bonds. The quantitative estimate of drug-likeness (QED) is 0.296. The molecule has 216 valence electrons. The van der Waals surface area contributed by atoms with Gasteiger partial charge in [-0.25, -0.2) is 17.8 Å². The number of hydrogen-bond donors (Lipinski definition) is 0. The van der Waals surface area contributed by atoms with Crippen LogP contribution in [-0.4, -0.2) is 48.0 Å². The van der Waals surface area contributed by atoms with Gasteiger partial charge in [0, 0.05) is 24.3 Å². The van der Waals surface area contributed by atoms with Crippen molar-refractivity contribution in [2.45, 2.75) is 63.0 Å². The lowest BCUT2D eigenvalue weighted by molar-refractivity contribution is -0.137. The summed E-state index contributed by atoms with van der Waals surface area (Å²) in [5.41, 5.74) is -0.358. The van der Waals surface area contributed by atoms with Crippen molar-refractivity contribution in [1.82, 2.24) is 14.5 Å². The van der Waals surface area contributed by atoms with Crippen molar-refractivity contribution in [3.8, 4) is 0 Å². The molecule has 1 unspecified atom stereocenters. The van der Waals surface area contributed by atoms with Crippen molar-refractivity contribution in [3.63, 3.8) is 0 Å². The molecular weight excluding hydrogens is 550 g/mol. The minimum Gasteiger partial charge on any atom is -0.376 e. The summed E-state index contributed by atoms with van der Waals surface area (Å²) in [6.45, 7) is 4.72. The number of carbonyl (C=O) groups excluding carboxylic acids is 1. The van der Waals surface area contributed by atoms with Crippen LogP contribution >= 0.6 is 0 Å². The number of nitrogens with zero attached hydrogens (tertiary/aromatic N) is 3. The Kier molecular flexibility index (Phi) is 8.99.